The molecule has 0 radical (unpaired) electrons. The molecule has 1 N–H and O–H groups in total. The molecular formula is C15H20ClFN2O. The van der Waals surface area contributed by atoms with Gasteiger partial charge in [0.2, 0.25) is 5.91 Å². The van der Waals surface area contributed by atoms with Gasteiger partial charge in [0, 0.05) is 24.5 Å². The third kappa shape index (κ3) is 4.46. The molecule has 0 aromatic heterocycles. The lowest BCUT2D eigenvalue weighted by Gasteiger charge is -2.30. The number of piperidine rings is 1. The van der Waals surface area contributed by atoms with Crippen LogP contribution in [0.5, 0.6) is 0 Å². The summed E-state index contributed by atoms with van der Waals surface area (Å²) in [6, 6.07) is 4.24. The van der Waals surface area contributed by atoms with E-state index in [-0.39, 0.29) is 11.6 Å². The molecule has 1 aromatic rings. The minimum Gasteiger partial charge on any atom is -0.324 e. The summed E-state index contributed by atoms with van der Waals surface area (Å²) in [5.74, 6) is 0.0300. The van der Waals surface area contributed by atoms with E-state index in [4.69, 9.17) is 11.6 Å². The largest absolute Gasteiger partial charge is 0.324 e. The van der Waals surface area contributed by atoms with Crippen LogP contribution >= 0.6 is 11.6 Å². The van der Waals surface area contributed by atoms with Gasteiger partial charge in [0.25, 0.3) is 0 Å². The highest BCUT2D eigenvalue weighted by Gasteiger charge is 2.17. The lowest BCUT2D eigenvalue weighted by Crippen LogP contribution is -2.36. The molecule has 0 spiro atoms. The van der Waals surface area contributed by atoms with Crippen molar-refractivity contribution in [3.63, 3.8) is 0 Å². The average molecular weight is 299 g/mol. The highest BCUT2D eigenvalue weighted by atomic mass is 35.5. The Morgan fingerprint density at radius 2 is 2.35 bits per heavy atom. The Morgan fingerprint density at radius 1 is 1.55 bits per heavy atom. The minimum absolute atomic E-state index is 0.163. The number of carbonyl (C=O) groups is 1. The smallest absolute Gasteiger partial charge is 0.225 e. The second-order valence-corrected chi connectivity index (χ2v) is 5.91. The van der Waals surface area contributed by atoms with E-state index in [1.165, 1.54) is 25.0 Å². The van der Waals surface area contributed by atoms with Crippen molar-refractivity contribution in [3.8, 4) is 0 Å². The van der Waals surface area contributed by atoms with Gasteiger partial charge in [0.1, 0.15) is 5.82 Å². The van der Waals surface area contributed by atoms with Crippen LogP contribution < -0.4 is 5.32 Å². The number of hydrogen-bond acceptors (Lipinski definition) is 2. The monoisotopic (exact) mass is 298 g/mol. The van der Waals surface area contributed by atoms with Gasteiger partial charge < -0.3 is 10.2 Å². The van der Waals surface area contributed by atoms with Crippen molar-refractivity contribution in [2.24, 2.45) is 5.92 Å². The van der Waals surface area contributed by atoms with Gasteiger partial charge in [0.15, 0.2) is 0 Å². The van der Waals surface area contributed by atoms with E-state index in [0.717, 1.165) is 19.6 Å². The Bertz CT molecular complexity index is 481. The first-order valence-electron chi connectivity index (χ1n) is 7.02. The average Bonchev–Trinajstić information content (AvgIpc) is 2.40. The molecule has 1 fully saturated rings. The van der Waals surface area contributed by atoms with Gasteiger partial charge in [0.05, 0.1) is 5.69 Å². The summed E-state index contributed by atoms with van der Waals surface area (Å²) in [5.41, 5.74) is 0.186. The molecule has 110 valence electrons. The molecule has 1 aromatic carbocycles. The van der Waals surface area contributed by atoms with Crippen molar-refractivity contribution in [3.05, 3.63) is 29.0 Å². The maximum absolute atomic E-state index is 13.5. The molecule has 20 heavy (non-hydrogen) atoms. The van der Waals surface area contributed by atoms with E-state index >= 15 is 0 Å². The molecule has 0 aliphatic carbocycles. The number of nitrogens with one attached hydrogen (secondary N) is 1. The topological polar surface area (TPSA) is 32.3 Å². The fraction of sp³-hybridized carbons (Fsp3) is 0.533. The summed E-state index contributed by atoms with van der Waals surface area (Å²) < 4.78 is 13.5. The van der Waals surface area contributed by atoms with Gasteiger partial charge in [-0.2, -0.15) is 0 Å². The Hall–Kier alpha value is -1.13. The molecule has 1 atom stereocenters. The van der Waals surface area contributed by atoms with E-state index in [1.807, 2.05) is 0 Å². The number of halogens is 2. The highest BCUT2D eigenvalue weighted by Crippen LogP contribution is 2.19. The first-order chi connectivity index (χ1) is 9.54. The van der Waals surface area contributed by atoms with E-state index < -0.39 is 5.82 Å². The molecule has 0 bridgehead atoms. The van der Waals surface area contributed by atoms with Crippen LogP contribution in [0.2, 0.25) is 5.02 Å². The third-order valence-electron chi connectivity index (χ3n) is 3.60. The number of nitrogens with zero attached hydrogens (tertiary/aromatic N) is 1. The molecular weight excluding hydrogens is 279 g/mol. The fourth-order valence-electron chi connectivity index (χ4n) is 2.55. The quantitative estimate of drug-likeness (QED) is 0.922. The van der Waals surface area contributed by atoms with Crippen LogP contribution in [0.4, 0.5) is 10.1 Å². The van der Waals surface area contributed by atoms with Crippen molar-refractivity contribution in [2.75, 3.05) is 25.0 Å². The Balaban J connectivity index is 1.80. The summed E-state index contributed by atoms with van der Waals surface area (Å²) in [7, 11) is 0. The maximum Gasteiger partial charge on any atom is 0.225 e. The van der Waals surface area contributed by atoms with Crippen LogP contribution in [-0.4, -0.2) is 30.4 Å². The molecule has 5 heteroatoms. The summed E-state index contributed by atoms with van der Waals surface area (Å²) in [5, 5.41) is 2.91. The maximum atomic E-state index is 13.5. The first kappa shape index (κ1) is 15.3. The zero-order valence-corrected chi connectivity index (χ0v) is 12.4. The van der Waals surface area contributed by atoms with Gasteiger partial charge in [-0.05, 0) is 43.5 Å². The molecule has 2 rings (SSSR count). The van der Waals surface area contributed by atoms with E-state index in [9.17, 15) is 9.18 Å². The number of carbonyl (C=O) groups excluding carboxylic acids is 1. The predicted molar refractivity (Wildman–Crippen MR) is 79.5 cm³/mol. The molecule has 3 nitrogen and oxygen atoms in total. The van der Waals surface area contributed by atoms with Crippen LogP contribution in [0.3, 0.4) is 0 Å². The van der Waals surface area contributed by atoms with E-state index in [2.05, 4.69) is 17.1 Å². The van der Waals surface area contributed by atoms with Crippen LogP contribution in [-0.2, 0) is 4.79 Å². The summed E-state index contributed by atoms with van der Waals surface area (Å²) in [6.45, 7) is 5.05. The van der Waals surface area contributed by atoms with Crippen LogP contribution in [0.25, 0.3) is 0 Å². The van der Waals surface area contributed by atoms with Crippen LogP contribution in [0, 0.1) is 11.7 Å². The molecule has 1 unspecified atom stereocenters. The molecule has 1 aliphatic rings. The lowest BCUT2D eigenvalue weighted by molar-refractivity contribution is -0.116. The Labute approximate surface area is 124 Å². The summed E-state index contributed by atoms with van der Waals surface area (Å²) in [4.78, 5) is 14.1. The lowest BCUT2D eigenvalue weighted by atomic mass is 10.0. The number of likely N-dealkylation sites (tertiary alicyclic amines) is 1. The molecule has 1 heterocycles. The van der Waals surface area contributed by atoms with Crippen molar-refractivity contribution >= 4 is 23.2 Å². The van der Waals surface area contributed by atoms with E-state index in [0.29, 0.717) is 17.4 Å². The summed E-state index contributed by atoms with van der Waals surface area (Å²) >= 11 is 5.67. The van der Waals surface area contributed by atoms with Gasteiger partial charge in [-0.15, -0.1) is 0 Å². The molecule has 1 amide bonds. The van der Waals surface area contributed by atoms with Crippen molar-refractivity contribution in [1.29, 1.82) is 0 Å². The van der Waals surface area contributed by atoms with Crippen molar-refractivity contribution in [2.45, 2.75) is 26.2 Å². The Kier molecular flexibility index (Phi) is 5.38. The first-order valence-corrected chi connectivity index (χ1v) is 7.39. The van der Waals surface area contributed by atoms with Gasteiger partial charge in [-0.25, -0.2) is 4.39 Å². The number of amides is 1. The third-order valence-corrected chi connectivity index (χ3v) is 3.84. The number of benzene rings is 1. The second kappa shape index (κ2) is 7.04. The summed E-state index contributed by atoms with van der Waals surface area (Å²) in [6.07, 6.45) is 2.84. The number of anilines is 1. The molecule has 1 saturated heterocycles. The van der Waals surface area contributed by atoms with Crippen LogP contribution in [0.15, 0.2) is 18.2 Å². The second-order valence-electron chi connectivity index (χ2n) is 5.47. The van der Waals surface area contributed by atoms with E-state index in [1.54, 1.807) is 6.07 Å². The molecule has 1 aliphatic heterocycles. The normalized spacial score (nSPS) is 19.9. The minimum atomic E-state index is -0.502. The predicted octanol–water partition coefficient (Wildman–Crippen LogP) is 3.54. The highest BCUT2D eigenvalue weighted by molar-refractivity contribution is 6.30. The van der Waals surface area contributed by atoms with Gasteiger partial charge >= 0.3 is 0 Å². The standard InChI is InChI=1S/C15H20ClFN2O/c1-11-3-2-7-19(10-11)8-6-15(20)18-14-5-4-12(16)9-13(14)17/h4-5,9,11H,2-3,6-8,10H2,1H3,(H,18,20). The number of hydrogen-bond donors (Lipinski definition) is 1. The number of rotatable bonds is 4. The zero-order valence-electron chi connectivity index (χ0n) is 11.7. The van der Waals surface area contributed by atoms with Crippen LogP contribution in [0.1, 0.15) is 26.2 Å². The molecule has 0 saturated carbocycles. The zero-order chi connectivity index (χ0) is 14.5. The Morgan fingerprint density at radius 3 is 3.05 bits per heavy atom. The van der Waals surface area contributed by atoms with Gasteiger partial charge in [-0.1, -0.05) is 18.5 Å². The fourth-order valence-corrected chi connectivity index (χ4v) is 2.71. The SMILES string of the molecule is CC1CCCN(CCC(=O)Nc2ccc(Cl)cc2F)C1. The van der Waals surface area contributed by atoms with Crippen molar-refractivity contribution in [1.82, 2.24) is 4.90 Å². The van der Waals surface area contributed by atoms with Crippen molar-refractivity contribution < 1.29 is 9.18 Å². The van der Waals surface area contributed by atoms with Gasteiger partial charge in [-0.3, -0.25) is 4.79 Å².